The third-order valence-corrected chi connectivity index (χ3v) is 3.73. The maximum atomic E-state index is 11.1. The first-order chi connectivity index (χ1) is 13.5. The van der Waals surface area contributed by atoms with Gasteiger partial charge in [0, 0.05) is 13.8 Å². The highest BCUT2D eigenvalue weighted by Crippen LogP contribution is 2.29. The molecule has 0 bridgehead atoms. The number of ether oxygens (including phenoxy) is 2. The molecule has 0 aromatic heterocycles. The number of rotatable bonds is 6. The van der Waals surface area contributed by atoms with Gasteiger partial charge in [-0.3, -0.25) is 20.0 Å². The first-order valence-corrected chi connectivity index (χ1v) is 8.70. The third-order valence-electron chi connectivity index (χ3n) is 3.73. The van der Waals surface area contributed by atoms with Crippen molar-refractivity contribution in [3.63, 3.8) is 0 Å². The Morgan fingerprint density at radius 3 is 1.50 bits per heavy atom. The molecule has 0 fully saturated rings. The minimum absolute atomic E-state index is 0.368. The molecule has 6 heteroatoms. The average molecular weight is 376 g/mol. The van der Waals surface area contributed by atoms with Crippen molar-refractivity contribution < 1.29 is 19.1 Å². The predicted octanol–water partition coefficient (Wildman–Crippen LogP) is 4.70. The van der Waals surface area contributed by atoms with Crippen LogP contribution >= 0.6 is 0 Å². The maximum Gasteiger partial charge on any atom is 0.308 e. The number of nitrogens with zero attached hydrogens (tertiary/aromatic N) is 1. The minimum atomic E-state index is -0.368. The van der Waals surface area contributed by atoms with E-state index in [0.29, 0.717) is 11.5 Å². The predicted molar refractivity (Wildman–Crippen MR) is 108 cm³/mol. The van der Waals surface area contributed by atoms with E-state index in [2.05, 4.69) is 5.43 Å². The van der Waals surface area contributed by atoms with Crippen LogP contribution in [0.15, 0.2) is 78.9 Å². The summed E-state index contributed by atoms with van der Waals surface area (Å²) >= 11 is 0. The lowest BCUT2D eigenvalue weighted by Gasteiger charge is -2.27. The molecule has 1 N–H and O–H groups in total. The number of nitrogens with one attached hydrogen (secondary N) is 1. The Balaban J connectivity index is 1.90. The lowest BCUT2D eigenvalue weighted by Crippen LogP contribution is -2.24. The molecule has 0 aliphatic heterocycles. The molecule has 0 aliphatic rings. The number of hydrogen-bond donors (Lipinski definition) is 1. The van der Waals surface area contributed by atoms with E-state index in [1.807, 2.05) is 59.6 Å². The van der Waals surface area contributed by atoms with Gasteiger partial charge in [0.2, 0.25) is 0 Å². The van der Waals surface area contributed by atoms with E-state index in [0.717, 1.165) is 17.1 Å². The Morgan fingerprint density at radius 2 is 1.11 bits per heavy atom. The van der Waals surface area contributed by atoms with Crippen LogP contribution in [0, 0.1) is 0 Å². The highest BCUT2D eigenvalue weighted by Gasteiger charge is 2.11. The molecule has 0 saturated carbocycles. The van der Waals surface area contributed by atoms with Gasteiger partial charge in [0.15, 0.2) is 0 Å². The fourth-order valence-corrected chi connectivity index (χ4v) is 2.58. The van der Waals surface area contributed by atoms with E-state index in [1.165, 1.54) is 13.8 Å². The van der Waals surface area contributed by atoms with E-state index >= 15 is 0 Å². The van der Waals surface area contributed by atoms with Crippen molar-refractivity contribution in [2.75, 3.05) is 10.4 Å². The molecule has 0 saturated heterocycles. The topological polar surface area (TPSA) is 67.9 Å². The van der Waals surface area contributed by atoms with Gasteiger partial charge >= 0.3 is 11.9 Å². The zero-order chi connectivity index (χ0) is 19.9. The molecule has 3 rings (SSSR count). The van der Waals surface area contributed by atoms with Gasteiger partial charge in [0.1, 0.15) is 11.5 Å². The quantitative estimate of drug-likeness (QED) is 0.382. The Kier molecular flexibility index (Phi) is 5.91. The Bertz CT molecular complexity index is 879. The second-order valence-electron chi connectivity index (χ2n) is 5.99. The molecule has 0 atom stereocenters. The molecular formula is C22H20N2O4. The number of carbonyl (C=O) groups is 2. The SMILES string of the molecule is CC(=O)Oc1ccc(N(Nc2ccccc2)c2ccc(OC(C)=O)cc2)cc1. The molecular weight excluding hydrogens is 356 g/mol. The van der Waals surface area contributed by atoms with E-state index in [1.54, 1.807) is 24.3 Å². The summed E-state index contributed by atoms with van der Waals surface area (Å²) < 4.78 is 10.2. The van der Waals surface area contributed by atoms with Gasteiger partial charge in [-0.1, -0.05) is 18.2 Å². The fourth-order valence-electron chi connectivity index (χ4n) is 2.58. The molecule has 0 unspecified atom stereocenters. The van der Waals surface area contributed by atoms with E-state index in [9.17, 15) is 9.59 Å². The van der Waals surface area contributed by atoms with Crippen LogP contribution < -0.4 is 19.9 Å². The molecule has 3 aromatic carbocycles. The van der Waals surface area contributed by atoms with E-state index in [4.69, 9.17) is 9.47 Å². The molecule has 0 spiro atoms. The monoisotopic (exact) mass is 376 g/mol. The molecule has 6 nitrogen and oxygen atoms in total. The van der Waals surface area contributed by atoms with Crippen molar-refractivity contribution in [1.29, 1.82) is 0 Å². The minimum Gasteiger partial charge on any atom is -0.427 e. The van der Waals surface area contributed by atoms with Crippen LogP contribution in [0.3, 0.4) is 0 Å². The molecule has 0 aliphatic carbocycles. The summed E-state index contributed by atoms with van der Waals surface area (Å²) in [5.74, 6) is 0.211. The van der Waals surface area contributed by atoms with Crippen LogP contribution in [0.2, 0.25) is 0 Å². The number of hydrogen-bond acceptors (Lipinski definition) is 6. The number of para-hydroxylation sites is 1. The number of carbonyl (C=O) groups excluding carboxylic acids is 2. The van der Waals surface area contributed by atoms with Crippen molar-refractivity contribution in [2.45, 2.75) is 13.8 Å². The normalized spacial score (nSPS) is 10.1. The zero-order valence-electron chi connectivity index (χ0n) is 15.6. The molecule has 0 heterocycles. The molecule has 0 amide bonds. The largest absolute Gasteiger partial charge is 0.427 e. The number of benzene rings is 3. The Morgan fingerprint density at radius 1 is 0.679 bits per heavy atom. The van der Waals surface area contributed by atoms with E-state index < -0.39 is 0 Å². The fraction of sp³-hybridized carbons (Fsp3) is 0.0909. The second-order valence-corrected chi connectivity index (χ2v) is 5.99. The van der Waals surface area contributed by atoms with Gasteiger partial charge < -0.3 is 9.47 Å². The highest BCUT2D eigenvalue weighted by molar-refractivity contribution is 5.72. The van der Waals surface area contributed by atoms with Gasteiger partial charge in [0.05, 0.1) is 17.1 Å². The first kappa shape index (κ1) is 19.0. The molecule has 28 heavy (non-hydrogen) atoms. The summed E-state index contributed by atoms with van der Waals surface area (Å²) in [5.41, 5.74) is 5.92. The summed E-state index contributed by atoms with van der Waals surface area (Å²) in [4.78, 5) is 22.2. The van der Waals surface area contributed by atoms with Crippen LogP contribution in [0.5, 0.6) is 11.5 Å². The number of anilines is 3. The summed E-state index contributed by atoms with van der Waals surface area (Å²) in [7, 11) is 0. The van der Waals surface area contributed by atoms with Crippen LogP contribution in [0.4, 0.5) is 17.1 Å². The van der Waals surface area contributed by atoms with Crippen LogP contribution in [0.25, 0.3) is 0 Å². The lowest BCUT2D eigenvalue weighted by molar-refractivity contribution is -0.132. The van der Waals surface area contributed by atoms with Crippen molar-refractivity contribution in [3.05, 3.63) is 78.9 Å². The summed E-state index contributed by atoms with van der Waals surface area (Å²) in [5, 5.41) is 1.88. The van der Waals surface area contributed by atoms with Crippen LogP contribution in [-0.2, 0) is 9.59 Å². The van der Waals surface area contributed by atoms with Gasteiger partial charge in [-0.2, -0.15) is 0 Å². The highest BCUT2D eigenvalue weighted by atomic mass is 16.5. The summed E-state index contributed by atoms with van der Waals surface area (Å²) in [6.45, 7) is 2.73. The van der Waals surface area contributed by atoms with E-state index in [-0.39, 0.29) is 11.9 Å². The molecule has 3 aromatic rings. The van der Waals surface area contributed by atoms with Crippen molar-refractivity contribution in [3.8, 4) is 11.5 Å². The number of hydrazine groups is 1. The van der Waals surface area contributed by atoms with Crippen molar-refractivity contribution in [1.82, 2.24) is 0 Å². The lowest BCUT2D eigenvalue weighted by atomic mass is 10.2. The van der Waals surface area contributed by atoms with Gasteiger partial charge in [-0.05, 0) is 60.7 Å². The number of esters is 2. The van der Waals surface area contributed by atoms with Gasteiger partial charge in [0.25, 0.3) is 0 Å². The standard InChI is InChI=1S/C22H20N2O4/c1-16(25)27-21-12-8-19(9-13-21)24(23-18-6-4-3-5-7-18)20-10-14-22(15-11-20)28-17(2)26/h3-15,23H,1-2H3. The zero-order valence-corrected chi connectivity index (χ0v) is 15.6. The van der Waals surface area contributed by atoms with Crippen molar-refractivity contribution >= 4 is 29.0 Å². The van der Waals surface area contributed by atoms with Crippen molar-refractivity contribution in [2.24, 2.45) is 0 Å². The average Bonchev–Trinajstić information content (AvgIpc) is 2.68. The Hall–Kier alpha value is -3.80. The summed E-state index contributed by atoms with van der Waals surface area (Å²) in [6.07, 6.45) is 0. The smallest absolute Gasteiger partial charge is 0.308 e. The Labute approximate surface area is 163 Å². The van der Waals surface area contributed by atoms with Gasteiger partial charge in [-0.15, -0.1) is 0 Å². The molecule has 0 radical (unpaired) electrons. The van der Waals surface area contributed by atoms with Gasteiger partial charge in [-0.25, -0.2) is 0 Å². The van der Waals surface area contributed by atoms with Crippen LogP contribution in [0.1, 0.15) is 13.8 Å². The van der Waals surface area contributed by atoms with Crippen LogP contribution in [-0.4, -0.2) is 11.9 Å². The maximum absolute atomic E-state index is 11.1. The summed E-state index contributed by atoms with van der Waals surface area (Å²) in [6, 6.07) is 24.0. The second kappa shape index (κ2) is 8.73. The third kappa shape index (κ3) is 5.11. The first-order valence-electron chi connectivity index (χ1n) is 8.70. The molecule has 142 valence electrons.